The lowest BCUT2D eigenvalue weighted by Gasteiger charge is -2.25. The Morgan fingerprint density at radius 1 is 1.20 bits per heavy atom. The fourth-order valence-corrected chi connectivity index (χ4v) is 2.63. The van der Waals surface area contributed by atoms with Crippen molar-refractivity contribution >= 4 is 5.97 Å². The number of carbonyl (C=O) groups is 1. The van der Waals surface area contributed by atoms with Crippen molar-refractivity contribution in [1.82, 2.24) is 0 Å². The first-order chi connectivity index (χ1) is 7.04. The molecule has 1 saturated carbocycles. The lowest BCUT2D eigenvalue weighted by molar-refractivity contribution is -0.133. The average molecular weight is 210 g/mol. The van der Waals surface area contributed by atoms with E-state index in [-0.39, 0.29) is 5.92 Å². The molecule has 2 nitrogen and oxygen atoms in total. The second-order valence-corrected chi connectivity index (χ2v) is 4.89. The molecule has 0 aromatic heterocycles. The van der Waals surface area contributed by atoms with Gasteiger partial charge >= 0.3 is 5.97 Å². The Balaban J connectivity index is 2.87. The third kappa shape index (κ3) is 3.08. The van der Waals surface area contributed by atoms with Crippen LogP contribution in [0.2, 0.25) is 0 Å². The fourth-order valence-electron chi connectivity index (χ4n) is 2.63. The van der Waals surface area contributed by atoms with Gasteiger partial charge in [0.15, 0.2) is 0 Å². The molecule has 2 heteroatoms. The molecule has 15 heavy (non-hydrogen) atoms. The first-order valence-corrected chi connectivity index (χ1v) is 5.98. The van der Waals surface area contributed by atoms with Gasteiger partial charge in [-0.25, -0.2) is 4.79 Å². The van der Waals surface area contributed by atoms with Crippen LogP contribution in [0.4, 0.5) is 0 Å². The molecular formula is C13H22O2. The molecule has 1 fully saturated rings. The molecule has 0 aromatic rings. The molecule has 0 heterocycles. The lowest BCUT2D eigenvalue weighted by atomic mass is 9.80. The van der Waals surface area contributed by atoms with Crippen molar-refractivity contribution in [3.8, 4) is 0 Å². The number of carboxylic acid groups (broad SMARTS) is 1. The van der Waals surface area contributed by atoms with E-state index >= 15 is 0 Å². The summed E-state index contributed by atoms with van der Waals surface area (Å²) in [5.41, 5.74) is 1.76. The zero-order valence-electron chi connectivity index (χ0n) is 10.0. The molecule has 0 amide bonds. The highest BCUT2D eigenvalue weighted by Crippen LogP contribution is 2.32. The van der Waals surface area contributed by atoms with Gasteiger partial charge in [-0.2, -0.15) is 0 Å². The number of carboxylic acids is 1. The summed E-state index contributed by atoms with van der Waals surface area (Å²) in [5, 5.41) is 9.19. The van der Waals surface area contributed by atoms with Gasteiger partial charge in [-0.15, -0.1) is 0 Å². The van der Waals surface area contributed by atoms with E-state index in [0.717, 1.165) is 5.57 Å². The molecule has 0 aromatic carbocycles. The number of rotatable bonds is 3. The minimum atomic E-state index is -0.729. The monoisotopic (exact) mass is 210 g/mol. The summed E-state index contributed by atoms with van der Waals surface area (Å²) in [7, 11) is 0. The van der Waals surface area contributed by atoms with Crippen molar-refractivity contribution in [2.75, 3.05) is 0 Å². The van der Waals surface area contributed by atoms with Crippen LogP contribution in [0.1, 0.15) is 52.9 Å². The van der Waals surface area contributed by atoms with Gasteiger partial charge in [0, 0.05) is 5.57 Å². The molecule has 1 N–H and O–H groups in total. The molecule has 0 radical (unpaired) electrons. The van der Waals surface area contributed by atoms with Gasteiger partial charge in [0.2, 0.25) is 0 Å². The zero-order chi connectivity index (χ0) is 11.4. The van der Waals surface area contributed by atoms with E-state index in [2.05, 4.69) is 0 Å². The third-order valence-corrected chi connectivity index (χ3v) is 3.45. The standard InChI is InChI=1S/C13H22O2/c1-9(2)12(13(14)15)10(3)11-7-5-4-6-8-11/h9,11H,4-8H2,1-3H3,(H,14,15). The Labute approximate surface area is 92.4 Å². The maximum absolute atomic E-state index is 11.2. The summed E-state index contributed by atoms with van der Waals surface area (Å²) in [4.78, 5) is 11.2. The predicted molar refractivity (Wildman–Crippen MR) is 61.7 cm³/mol. The molecule has 0 unspecified atom stereocenters. The quantitative estimate of drug-likeness (QED) is 0.722. The zero-order valence-corrected chi connectivity index (χ0v) is 10.0. The van der Waals surface area contributed by atoms with E-state index in [1.165, 1.54) is 32.1 Å². The Morgan fingerprint density at radius 3 is 2.13 bits per heavy atom. The molecule has 1 aliphatic carbocycles. The van der Waals surface area contributed by atoms with Crippen LogP contribution in [0.25, 0.3) is 0 Å². The number of aliphatic carboxylic acids is 1. The largest absolute Gasteiger partial charge is 0.478 e. The average Bonchev–Trinajstić information content (AvgIpc) is 2.18. The number of hydrogen-bond acceptors (Lipinski definition) is 1. The Bertz CT molecular complexity index is 258. The lowest BCUT2D eigenvalue weighted by Crippen LogP contribution is -2.16. The topological polar surface area (TPSA) is 37.3 Å². The first-order valence-electron chi connectivity index (χ1n) is 5.98. The molecule has 86 valence electrons. The molecule has 0 spiro atoms. The van der Waals surface area contributed by atoms with Gasteiger partial charge < -0.3 is 5.11 Å². The van der Waals surface area contributed by atoms with E-state index in [4.69, 9.17) is 0 Å². The van der Waals surface area contributed by atoms with E-state index < -0.39 is 5.97 Å². The highest BCUT2D eigenvalue weighted by atomic mass is 16.4. The SMILES string of the molecule is CC(=C(C(=O)O)C(C)C)C1CCCCC1. The van der Waals surface area contributed by atoms with Gasteiger partial charge in [0.1, 0.15) is 0 Å². The van der Waals surface area contributed by atoms with Gasteiger partial charge in [0.05, 0.1) is 0 Å². The molecule has 0 bridgehead atoms. The van der Waals surface area contributed by atoms with Crippen LogP contribution in [0, 0.1) is 11.8 Å². The van der Waals surface area contributed by atoms with Crippen molar-refractivity contribution in [3.63, 3.8) is 0 Å². The fraction of sp³-hybridized carbons (Fsp3) is 0.769. The summed E-state index contributed by atoms with van der Waals surface area (Å²) >= 11 is 0. The summed E-state index contributed by atoms with van der Waals surface area (Å²) in [6, 6.07) is 0. The first kappa shape index (κ1) is 12.3. The van der Waals surface area contributed by atoms with Crippen LogP contribution < -0.4 is 0 Å². The Hall–Kier alpha value is -0.790. The predicted octanol–water partition coefficient (Wildman–Crippen LogP) is 3.62. The van der Waals surface area contributed by atoms with E-state index in [0.29, 0.717) is 11.5 Å². The minimum Gasteiger partial charge on any atom is -0.478 e. The second kappa shape index (κ2) is 5.34. The van der Waals surface area contributed by atoms with Crippen molar-refractivity contribution < 1.29 is 9.90 Å². The van der Waals surface area contributed by atoms with Crippen LogP contribution in [-0.2, 0) is 4.79 Å². The number of allylic oxidation sites excluding steroid dienone is 1. The third-order valence-electron chi connectivity index (χ3n) is 3.45. The van der Waals surface area contributed by atoms with Crippen molar-refractivity contribution in [2.24, 2.45) is 11.8 Å². The molecule has 1 rings (SSSR count). The van der Waals surface area contributed by atoms with Crippen molar-refractivity contribution in [1.29, 1.82) is 0 Å². The molecule has 0 atom stereocenters. The number of hydrogen-bond donors (Lipinski definition) is 1. The Kier molecular flexibility index (Phi) is 4.37. The second-order valence-electron chi connectivity index (χ2n) is 4.89. The van der Waals surface area contributed by atoms with Gasteiger partial charge in [0.25, 0.3) is 0 Å². The normalized spacial score (nSPS) is 20.3. The summed E-state index contributed by atoms with van der Waals surface area (Å²) < 4.78 is 0. The minimum absolute atomic E-state index is 0.129. The van der Waals surface area contributed by atoms with E-state index in [9.17, 15) is 9.90 Å². The van der Waals surface area contributed by atoms with Gasteiger partial charge in [-0.1, -0.05) is 38.7 Å². The summed E-state index contributed by atoms with van der Waals surface area (Å²) in [6.07, 6.45) is 6.18. The molecular weight excluding hydrogens is 188 g/mol. The van der Waals surface area contributed by atoms with E-state index in [1.54, 1.807) is 0 Å². The Morgan fingerprint density at radius 2 is 1.73 bits per heavy atom. The van der Waals surface area contributed by atoms with Crippen LogP contribution in [0.5, 0.6) is 0 Å². The van der Waals surface area contributed by atoms with Crippen LogP contribution in [-0.4, -0.2) is 11.1 Å². The van der Waals surface area contributed by atoms with E-state index in [1.807, 2.05) is 20.8 Å². The van der Waals surface area contributed by atoms with Crippen LogP contribution in [0.15, 0.2) is 11.1 Å². The van der Waals surface area contributed by atoms with Crippen LogP contribution >= 0.6 is 0 Å². The maximum Gasteiger partial charge on any atom is 0.331 e. The highest BCUT2D eigenvalue weighted by molar-refractivity contribution is 5.88. The molecule has 1 aliphatic rings. The maximum atomic E-state index is 11.2. The smallest absolute Gasteiger partial charge is 0.331 e. The van der Waals surface area contributed by atoms with Crippen molar-refractivity contribution in [3.05, 3.63) is 11.1 Å². The summed E-state index contributed by atoms with van der Waals surface area (Å²) in [5.74, 6) is -0.0789. The van der Waals surface area contributed by atoms with Crippen molar-refractivity contribution in [2.45, 2.75) is 52.9 Å². The van der Waals surface area contributed by atoms with Crippen LogP contribution in [0.3, 0.4) is 0 Å². The summed E-state index contributed by atoms with van der Waals surface area (Å²) in [6.45, 7) is 5.95. The van der Waals surface area contributed by atoms with Gasteiger partial charge in [-0.3, -0.25) is 0 Å². The molecule has 0 aliphatic heterocycles. The highest BCUT2D eigenvalue weighted by Gasteiger charge is 2.22. The molecule has 0 saturated heterocycles. The van der Waals surface area contributed by atoms with Gasteiger partial charge in [-0.05, 0) is 31.6 Å².